The van der Waals surface area contributed by atoms with E-state index in [0.717, 1.165) is 0 Å². The van der Waals surface area contributed by atoms with Crippen molar-refractivity contribution in [2.75, 3.05) is 11.5 Å². The SMILES string of the molecule is N=Cc1cc(N)ccc1N.[HH].[HH]. The van der Waals surface area contributed by atoms with Crippen LogP contribution < -0.4 is 11.5 Å². The van der Waals surface area contributed by atoms with Crippen molar-refractivity contribution in [3.05, 3.63) is 23.8 Å². The summed E-state index contributed by atoms with van der Waals surface area (Å²) in [4.78, 5) is 0. The summed E-state index contributed by atoms with van der Waals surface area (Å²) in [5.74, 6) is 0. The summed E-state index contributed by atoms with van der Waals surface area (Å²) >= 11 is 0. The van der Waals surface area contributed by atoms with Crippen LogP contribution in [0, 0.1) is 5.41 Å². The van der Waals surface area contributed by atoms with E-state index < -0.39 is 0 Å². The van der Waals surface area contributed by atoms with Crippen LogP contribution in [0.5, 0.6) is 0 Å². The first-order chi connectivity index (χ1) is 4.74. The lowest BCUT2D eigenvalue weighted by molar-refractivity contribution is 1.54. The molecule has 0 fully saturated rings. The molecule has 0 saturated carbocycles. The monoisotopic (exact) mass is 139 g/mol. The van der Waals surface area contributed by atoms with Gasteiger partial charge in [-0.3, -0.25) is 0 Å². The summed E-state index contributed by atoms with van der Waals surface area (Å²) in [6.45, 7) is 0. The van der Waals surface area contributed by atoms with Crippen molar-refractivity contribution in [2.24, 2.45) is 0 Å². The fourth-order valence-corrected chi connectivity index (χ4v) is 0.718. The van der Waals surface area contributed by atoms with Gasteiger partial charge in [-0.25, -0.2) is 0 Å². The molecule has 0 aliphatic carbocycles. The molecular weight excluding hydrogens is 126 g/mol. The van der Waals surface area contributed by atoms with Crippen molar-refractivity contribution in [1.29, 1.82) is 5.41 Å². The van der Waals surface area contributed by atoms with Gasteiger partial charge >= 0.3 is 0 Å². The number of rotatable bonds is 1. The molecule has 1 aromatic carbocycles. The first kappa shape index (κ1) is 6.61. The lowest BCUT2D eigenvalue weighted by Crippen LogP contribution is -1.94. The summed E-state index contributed by atoms with van der Waals surface area (Å²) in [5, 5.41) is 6.92. The highest BCUT2D eigenvalue weighted by atomic mass is 14.6. The van der Waals surface area contributed by atoms with Crippen LogP contribution in [0.25, 0.3) is 0 Å². The summed E-state index contributed by atoms with van der Waals surface area (Å²) in [5.41, 5.74) is 12.8. The summed E-state index contributed by atoms with van der Waals surface area (Å²) < 4.78 is 0. The van der Waals surface area contributed by atoms with Gasteiger partial charge in [-0.15, -0.1) is 0 Å². The largest absolute Gasteiger partial charge is 0.399 e. The zero-order valence-corrected chi connectivity index (χ0v) is 5.46. The van der Waals surface area contributed by atoms with E-state index >= 15 is 0 Å². The Bertz CT molecular complexity index is 263. The maximum absolute atomic E-state index is 6.92. The molecule has 5 N–H and O–H groups in total. The summed E-state index contributed by atoms with van der Waals surface area (Å²) in [7, 11) is 0. The zero-order chi connectivity index (χ0) is 7.56. The minimum atomic E-state index is 0. The van der Waals surface area contributed by atoms with Crippen LogP contribution in [0.15, 0.2) is 18.2 Å². The predicted molar refractivity (Wildman–Crippen MR) is 47.4 cm³/mol. The van der Waals surface area contributed by atoms with Crippen LogP contribution in [0.4, 0.5) is 11.4 Å². The molecule has 0 spiro atoms. The predicted octanol–water partition coefficient (Wildman–Crippen LogP) is 1.34. The molecule has 0 amide bonds. The molecule has 0 radical (unpaired) electrons. The van der Waals surface area contributed by atoms with E-state index in [2.05, 4.69) is 0 Å². The average Bonchev–Trinajstić information content (AvgIpc) is 1.94. The topological polar surface area (TPSA) is 75.9 Å². The molecule has 0 aliphatic rings. The van der Waals surface area contributed by atoms with Gasteiger partial charge in [-0.1, -0.05) is 0 Å². The van der Waals surface area contributed by atoms with Gasteiger partial charge in [0.05, 0.1) is 0 Å². The van der Waals surface area contributed by atoms with E-state index in [0.29, 0.717) is 16.9 Å². The lowest BCUT2D eigenvalue weighted by atomic mass is 10.2. The molecule has 0 aromatic heterocycles. The fraction of sp³-hybridized carbons (Fsp3) is 0. The second-order valence-electron chi connectivity index (χ2n) is 2.03. The molecule has 56 valence electrons. The molecular formula is C7H13N3. The Balaban J connectivity index is 0. The van der Waals surface area contributed by atoms with Gasteiger partial charge in [0.25, 0.3) is 0 Å². The maximum atomic E-state index is 6.92. The van der Waals surface area contributed by atoms with Gasteiger partial charge in [0, 0.05) is 26.0 Å². The Morgan fingerprint density at radius 2 is 2.10 bits per heavy atom. The lowest BCUT2D eigenvalue weighted by Gasteiger charge is -1.98. The van der Waals surface area contributed by atoms with E-state index in [9.17, 15) is 0 Å². The van der Waals surface area contributed by atoms with E-state index in [1.54, 1.807) is 18.2 Å². The molecule has 3 heteroatoms. The van der Waals surface area contributed by atoms with Crippen molar-refractivity contribution >= 4 is 17.6 Å². The molecule has 0 unspecified atom stereocenters. The van der Waals surface area contributed by atoms with Crippen LogP contribution in [-0.2, 0) is 0 Å². The number of benzene rings is 1. The smallest absolute Gasteiger partial charge is 0.0404 e. The van der Waals surface area contributed by atoms with Crippen LogP contribution in [0.3, 0.4) is 0 Å². The average molecular weight is 139 g/mol. The van der Waals surface area contributed by atoms with Gasteiger partial charge in [0.2, 0.25) is 0 Å². The van der Waals surface area contributed by atoms with Crippen molar-refractivity contribution in [3.8, 4) is 0 Å². The molecule has 1 aromatic rings. The maximum Gasteiger partial charge on any atom is 0.0404 e. The number of hydrogen-bond acceptors (Lipinski definition) is 3. The summed E-state index contributed by atoms with van der Waals surface area (Å²) in [6, 6.07) is 5.07. The Kier molecular flexibility index (Phi) is 1.58. The number of hydrogen-bond donors (Lipinski definition) is 3. The molecule has 1 rings (SSSR count). The minimum absolute atomic E-state index is 0. The molecule has 0 aliphatic heterocycles. The number of anilines is 2. The van der Waals surface area contributed by atoms with E-state index in [1.807, 2.05) is 0 Å². The van der Waals surface area contributed by atoms with Gasteiger partial charge in [-0.2, -0.15) is 0 Å². The van der Waals surface area contributed by atoms with E-state index in [-0.39, 0.29) is 2.85 Å². The standard InChI is InChI=1S/C7H9N3.2H2/c8-4-5-3-6(9)1-2-7(5)10;;/h1-4,8H,9-10H2;2*1H. The Morgan fingerprint density at radius 3 is 2.60 bits per heavy atom. The fourth-order valence-electron chi connectivity index (χ4n) is 0.718. The first-order valence-corrected chi connectivity index (χ1v) is 2.89. The van der Waals surface area contributed by atoms with Gasteiger partial charge in [-0.05, 0) is 18.2 Å². The molecule has 10 heavy (non-hydrogen) atoms. The highest BCUT2D eigenvalue weighted by Crippen LogP contribution is 2.12. The molecule has 0 bridgehead atoms. The van der Waals surface area contributed by atoms with Crippen molar-refractivity contribution in [2.45, 2.75) is 0 Å². The Hall–Kier alpha value is -1.51. The summed E-state index contributed by atoms with van der Waals surface area (Å²) in [6.07, 6.45) is 1.19. The van der Waals surface area contributed by atoms with Crippen LogP contribution in [0.2, 0.25) is 0 Å². The zero-order valence-electron chi connectivity index (χ0n) is 5.46. The van der Waals surface area contributed by atoms with Gasteiger partial charge in [0.15, 0.2) is 0 Å². The van der Waals surface area contributed by atoms with Crippen molar-refractivity contribution in [1.82, 2.24) is 0 Å². The van der Waals surface area contributed by atoms with Crippen molar-refractivity contribution < 1.29 is 2.85 Å². The van der Waals surface area contributed by atoms with Crippen LogP contribution in [-0.4, -0.2) is 6.21 Å². The third kappa shape index (κ3) is 1.07. The van der Waals surface area contributed by atoms with Gasteiger partial charge < -0.3 is 16.9 Å². The van der Waals surface area contributed by atoms with Crippen molar-refractivity contribution in [3.63, 3.8) is 0 Å². The number of nitrogens with one attached hydrogen (secondary N) is 1. The van der Waals surface area contributed by atoms with E-state index in [4.69, 9.17) is 16.9 Å². The highest BCUT2D eigenvalue weighted by molar-refractivity contribution is 5.86. The first-order valence-electron chi connectivity index (χ1n) is 2.89. The quantitative estimate of drug-likeness (QED) is 0.405. The third-order valence-electron chi connectivity index (χ3n) is 1.27. The number of nitrogen functional groups attached to an aromatic ring is 2. The normalized spacial score (nSPS) is 9.20. The highest BCUT2D eigenvalue weighted by Gasteiger charge is 1.93. The van der Waals surface area contributed by atoms with Gasteiger partial charge in [0.1, 0.15) is 0 Å². The second kappa shape index (κ2) is 2.39. The van der Waals surface area contributed by atoms with Crippen LogP contribution in [0.1, 0.15) is 8.42 Å². The van der Waals surface area contributed by atoms with E-state index in [1.165, 1.54) is 6.21 Å². The molecule has 0 saturated heterocycles. The minimum Gasteiger partial charge on any atom is -0.399 e. The second-order valence-corrected chi connectivity index (χ2v) is 2.03. The molecule has 0 atom stereocenters. The molecule has 0 heterocycles. The Morgan fingerprint density at radius 1 is 1.40 bits per heavy atom. The Labute approximate surface area is 62.1 Å². The number of nitrogens with two attached hydrogens (primary N) is 2. The molecule has 3 nitrogen and oxygen atoms in total. The van der Waals surface area contributed by atoms with Crippen LogP contribution >= 0.6 is 0 Å². The third-order valence-corrected chi connectivity index (χ3v) is 1.27.